The molecule has 1 aromatic rings. The van der Waals surface area contributed by atoms with Crippen molar-refractivity contribution >= 4 is 11.4 Å². The van der Waals surface area contributed by atoms with Crippen LogP contribution in [0.1, 0.15) is 33.3 Å². The molecule has 0 spiro atoms. The molecule has 98 valence electrons. The fraction of sp³-hybridized carbons (Fsp3) is 0.571. The van der Waals surface area contributed by atoms with Gasteiger partial charge in [0.1, 0.15) is 0 Å². The molecule has 0 atom stereocenters. The lowest BCUT2D eigenvalue weighted by Crippen LogP contribution is -2.37. The summed E-state index contributed by atoms with van der Waals surface area (Å²) in [5.74, 6) is 0. The van der Waals surface area contributed by atoms with Crippen LogP contribution in [0, 0.1) is 20.9 Å². The van der Waals surface area contributed by atoms with Crippen molar-refractivity contribution in [2.45, 2.75) is 34.1 Å². The Morgan fingerprint density at radius 2 is 1.89 bits per heavy atom. The molecular weight excluding hydrogens is 228 g/mol. The Morgan fingerprint density at radius 1 is 1.22 bits per heavy atom. The van der Waals surface area contributed by atoms with E-state index in [0.29, 0.717) is 0 Å². The Hall–Kier alpha value is -1.58. The molecule has 0 aliphatic carbocycles. The van der Waals surface area contributed by atoms with Gasteiger partial charge >= 0.3 is 0 Å². The lowest BCUT2D eigenvalue weighted by Gasteiger charge is -2.40. The van der Waals surface area contributed by atoms with Crippen LogP contribution in [0.5, 0.6) is 0 Å². The molecule has 1 heterocycles. The number of benzene rings is 1. The first-order valence-corrected chi connectivity index (χ1v) is 6.24. The average Bonchev–Trinajstić information content (AvgIpc) is 2.34. The first-order valence-electron chi connectivity index (χ1n) is 6.24. The van der Waals surface area contributed by atoms with E-state index in [1.807, 2.05) is 6.07 Å². The molecule has 2 rings (SSSR count). The minimum atomic E-state index is -0.344. The van der Waals surface area contributed by atoms with Gasteiger partial charge in [-0.25, -0.2) is 0 Å². The van der Waals surface area contributed by atoms with Crippen molar-refractivity contribution in [2.75, 3.05) is 11.9 Å². The number of nitro groups is 1. The topological polar surface area (TPSA) is 55.2 Å². The molecule has 1 aromatic carbocycles. The maximum Gasteiger partial charge on any atom is 0.271 e. The van der Waals surface area contributed by atoms with Crippen LogP contribution >= 0.6 is 0 Å². The van der Waals surface area contributed by atoms with Crippen LogP contribution in [-0.2, 0) is 6.42 Å². The standard InChI is InChI=1S/C14H20N2O2/c1-13(2)8-10-5-6-11(16(17)18)7-12(10)15-9-14(13,3)4/h5-7,15H,8-9H2,1-4H3. The van der Waals surface area contributed by atoms with Gasteiger partial charge in [-0.2, -0.15) is 0 Å². The number of anilines is 1. The number of nitrogens with zero attached hydrogens (tertiary/aromatic N) is 1. The molecule has 0 bridgehead atoms. The summed E-state index contributed by atoms with van der Waals surface area (Å²) in [5, 5.41) is 14.2. The average molecular weight is 248 g/mol. The van der Waals surface area contributed by atoms with Gasteiger partial charge in [-0.1, -0.05) is 33.8 Å². The molecule has 0 aromatic heterocycles. The van der Waals surface area contributed by atoms with Crippen molar-refractivity contribution in [1.82, 2.24) is 0 Å². The molecule has 1 aliphatic rings. The monoisotopic (exact) mass is 248 g/mol. The molecule has 0 unspecified atom stereocenters. The highest BCUT2D eigenvalue weighted by Gasteiger charge is 2.39. The van der Waals surface area contributed by atoms with Crippen LogP contribution in [0.25, 0.3) is 0 Å². The molecule has 4 heteroatoms. The van der Waals surface area contributed by atoms with Gasteiger partial charge in [0.05, 0.1) is 4.92 Å². The van der Waals surface area contributed by atoms with Crippen LogP contribution in [0.4, 0.5) is 11.4 Å². The predicted molar refractivity (Wildman–Crippen MR) is 72.9 cm³/mol. The van der Waals surface area contributed by atoms with E-state index in [-0.39, 0.29) is 21.4 Å². The lowest BCUT2D eigenvalue weighted by molar-refractivity contribution is -0.384. The number of hydrogen-bond donors (Lipinski definition) is 1. The molecule has 0 saturated carbocycles. The summed E-state index contributed by atoms with van der Waals surface area (Å²) < 4.78 is 0. The van der Waals surface area contributed by atoms with E-state index in [1.165, 1.54) is 0 Å². The van der Waals surface area contributed by atoms with Gasteiger partial charge in [-0.05, 0) is 22.8 Å². The third kappa shape index (κ3) is 2.07. The molecule has 0 radical (unpaired) electrons. The summed E-state index contributed by atoms with van der Waals surface area (Å²) in [6, 6.07) is 5.12. The Balaban J connectivity index is 2.43. The minimum absolute atomic E-state index is 0.140. The molecule has 0 amide bonds. The maximum absolute atomic E-state index is 10.8. The van der Waals surface area contributed by atoms with Gasteiger partial charge in [-0.3, -0.25) is 10.1 Å². The Bertz CT molecular complexity index is 493. The summed E-state index contributed by atoms with van der Waals surface area (Å²) >= 11 is 0. The third-order valence-corrected chi connectivity index (χ3v) is 4.49. The molecular formula is C14H20N2O2. The highest BCUT2D eigenvalue weighted by atomic mass is 16.6. The van der Waals surface area contributed by atoms with Crippen LogP contribution in [-0.4, -0.2) is 11.5 Å². The molecule has 1 N–H and O–H groups in total. The van der Waals surface area contributed by atoms with Gasteiger partial charge in [-0.15, -0.1) is 0 Å². The van der Waals surface area contributed by atoms with Crippen molar-refractivity contribution in [1.29, 1.82) is 0 Å². The summed E-state index contributed by atoms with van der Waals surface area (Å²) in [6.07, 6.45) is 0.931. The molecule has 0 fully saturated rings. The van der Waals surface area contributed by atoms with Crippen molar-refractivity contribution in [3.8, 4) is 0 Å². The van der Waals surface area contributed by atoms with E-state index in [9.17, 15) is 10.1 Å². The fourth-order valence-corrected chi connectivity index (χ4v) is 2.27. The van der Waals surface area contributed by atoms with Crippen LogP contribution in [0.15, 0.2) is 18.2 Å². The third-order valence-electron chi connectivity index (χ3n) is 4.49. The highest BCUT2D eigenvalue weighted by Crippen LogP contribution is 2.45. The zero-order chi connectivity index (χ0) is 13.6. The second-order valence-corrected chi connectivity index (χ2v) is 6.40. The fourth-order valence-electron chi connectivity index (χ4n) is 2.27. The van der Waals surface area contributed by atoms with E-state index in [1.54, 1.807) is 12.1 Å². The number of nitrogens with one attached hydrogen (secondary N) is 1. The minimum Gasteiger partial charge on any atom is -0.384 e. The zero-order valence-electron chi connectivity index (χ0n) is 11.4. The number of fused-ring (bicyclic) bond motifs is 1. The Labute approximate surface area is 108 Å². The van der Waals surface area contributed by atoms with Gasteiger partial charge in [0.25, 0.3) is 5.69 Å². The van der Waals surface area contributed by atoms with Crippen molar-refractivity contribution in [3.05, 3.63) is 33.9 Å². The highest BCUT2D eigenvalue weighted by molar-refractivity contribution is 5.58. The lowest BCUT2D eigenvalue weighted by atomic mass is 9.65. The van der Waals surface area contributed by atoms with Crippen LogP contribution in [0.2, 0.25) is 0 Å². The first kappa shape index (κ1) is 12.9. The summed E-state index contributed by atoms with van der Waals surface area (Å²) in [5.41, 5.74) is 2.51. The summed E-state index contributed by atoms with van der Waals surface area (Å²) in [4.78, 5) is 10.5. The van der Waals surface area contributed by atoms with Gasteiger partial charge < -0.3 is 5.32 Å². The van der Waals surface area contributed by atoms with E-state index in [2.05, 4.69) is 33.0 Å². The smallest absolute Gasteiger partial charge is 0.271 e. The Kier molecular flexibility index (Phi) is 2.84. The second-order valence-electron chi connectivity index (χ2n) is 6.40. The molecule has 18 heavy (non-hydrogen) atoms. The van der Waals surface area contributed by atoms with Crippen molar-refractivity contribution in [2.24, 2.45) is 10.8 Å². The van der Waals surface area contributed by atoms with Crippen LogP contribution in [0.3, 0.4) is 0 Å². The quantitative estimate of drug-likeness (QED) is 0.610. The van der Waals surface area contributed by atoms with Gasteiger partial charge in [0.2, 0.25) is 0 Å². The molecule has 4 nitrogen and oxygen atoms in total. The van der Waals surface area contributed by atoms with E-state index < -0.39 is 0 Å². The SMILES string of the molecule is CC1(C)CNc2cc([N+](=O)[O-])ccc2CC1(C)C. The normalized spacial score (nSPS) is 20.4. The molecule has 0 saturated heterocycles. The van der Waals surface area contributed by atoms with Gasteiger partial charge in [0.15, 0.2) is 0 Å². The second kappa shape index (κ2) is 3.97. The predicted octanol–water partition coefficient (Wildman–Crippen LogP) is 3.62. The Morgan fingerprint density at radius 3 is 2.50 bits per heavy atom. The first-order chi connectivity index (χ1) is 8.23. The van der Waals surface area contributed by atoms with E-state index >= 15 is 0 Å². The summed E-state index contributed by atoms with van der Waals surface area (Å²) in [6.45, 7) is 9.81. The molecule has 1 aliphatic heterocycles. The zero-order valence-corrected chi connectivity index (χ0v) is 11.4. The number of non-ortho nitro benzene ring substituents is 1. The summed E-state index contributed by atoms with van der Waals surface area (Å²) in [7, 11) is 0. The maximum atomic E-state index is 10.8. The van der Waals surface area contributed by atoms with Crippen molar-refractivity contribution < 1.29 is 4.92 Å². The van der Waals surface area contributed by atoms with E-state index in [4.69, 9.17) is 0 Å². The number of hydrogen-bond acceptors (Lipinski definition) is 3. The number of nitro benzene ring substituents is 1. The largest absolute Gasteiger partial charge is 0.384 e. The van der Waals surface area contributed by atoms with E-state index in [0.717, 1.165) is 24.2 Å². The van der Waals surface area contributed by atoms with Crippen molar-refractivity contribution in [3.63, 3.8) is 0 Å². The number of rotatable bonds is 1. The van der Waals surface area contributed by atoms with Gasteiger partial charge in [0, 0.05) is 24.4 Å². The van der Waals surface area contributed by atoms with Crippen LogP contribution < -0.4 is 5.32 Å².